The van der Waals surface area contributed by atoms with Crippen molar-refractivity contribution in [2.75, 3.05) is 18.0 Å². The van der Waals surface area contributed by atoms with Crippen LogP contribution in [0.4, 0.5) is 10.1 Å². The first-order valence-electron chi connectivity index (χ1n) is 12.3. The fourth-order valence-electron chi connectivity index (χ4n) is 5.45. The zero-order chi connectivity index (χ0) is 25.4. The lowest BCUT2D eigenvalue weighted by molar-refractivity contribution is 0.0696. The number of aromatic carboxylic acids is 1. The van der Waals surface area contributed by atoms with Gasteiger partial charge in [-0.15, -0.1) is 0 Å². The van der Waals surface area contributed by atoms with Crippen LogP contribution in [-0.4, -0.2) is 50.7 Å². The summed E-state index contributed by atoms with van der Waals surface area (Å²) >= 11 is 0. The Bertz CT molecular complexity index is 1400. The summed E-state index contributed by atoms with van der Waals surface area (Å²) in [6.45, 7) is 9.39. The summed E-state index contributed by atoms with van der Waals surface area (Å²) in [5, 5.41) is 10.4. The molecule has 1 aliphatic heterocycles. The van der Waals surface area contributed by atoms with Crippen LogP contribution >= 0.6 is 0 Å². The summed E-state index contributed by atoms with van der Waals surface area (Å²) in [4.78, 5) is 20.9. The molecule has 0 spiro atoms. The van der Waals surface area contributed by atoms with E-state index in [1.807, 2.05) is 31.3 Å². The van der Waals surface area contributed by atoms with Gasteiger partial charge in [0, 0.05) is 61.7 Å². The number of carboxylic acids is 1. The van der Waals surface area contributed by atoms with Gasteiger partial charge in [-0.1, -0.05) is 24.3 Å². The number of hydrogen-bond donors (Lipinski definition) is 1. The van der Waals surface area contributed by atoms with Crippen LogP contribution in [0, 0.1) is 12.7 Å². The maximum atomic E-state index is 13.7. The van der Waals surface area contributed by atoms with E-state index in [0.717, 1.165) is 47.4 Å². The zero-order valence-electron chi connectivity index (χ0n) is 20.9. The molecule has 1 saturated heterocycles. The van der Waals surface area contributed by atoms with Gasteiger partial charge in [-0.25, -0.2) is 14.2 Å². The summed E-state index contributed by atoms with van der Waals surface area (Å²) in [6, 6.07) is 17.1. The second-order valence-electron chi connectivity index (χ2n) is 9.87. The smallest absolute Gasteiger partial charge is 0.335 e. The largest absolute Gasteiger partial charge is 0.478 e. The standard InChI is InChI=1S/C29H31FN4O2/c1-19-13-23(7-8-25(19)29(35)36)17-32-12-10-26-27(9-11-31-28(26)32)33-15-20(2)34(21(3)16-33)18-22-5-4-6-24(30)14-22/h4-14,20-21H,15-18H2,1-3H3,(H,35,36)/t20-,21+. The van der Waals surface area contributed by atoms with Gasteiger partial charge in [0.25, 0.3) is 0 Å². The molecular formula is C29H31FN4O2. The number of benzene rings is 2. The van der Waals surface area contributed by atoms with Crippen LogP contribution in [-0.2, 0) is 13.1 Å². The van der Waals surface area contributed by atoms with E-state index in [0.29, 0.717) is 24.2 Å². The van der Waals surface area contributed by atoms with Gasteiger partial charge in [-0.2, -0.15) is 0 Å². The highest BCUT2D eigenvalue weighted by Gasteiger charge is 2.30. The summed E-state index contributed by atoms with van der Waals surface area (Å²) in [7, 11) is 0. The van der Waals surface area contributed by atoms with E-state index in [2.05, 4.69) is 51.5 Å². The monoisotopic (exact) mass is 486 g/mol. The van der Waals surface area contributed by atoms with Crippen LogP contribution < -0.4 is 4.90 Å². The predicted molar refractivity (Wildman–Crippen MR) is 140 cm³/mol. The number of pyridine rings is 1. The van der Waals surface area contributed by atoms with Crippen LogP contribution in [0.25, 0.3) is 11.0 Å². The summed E-state index contributed by atoms with van der Waals surface area (Å²) < 4.78 is 15.8. The highest BCUT2D eigenvalue weighted by Crippen LogP contribution is 2.30. The third-order valence-electron chi connectivity index (χ3n) is 7.21. The Morgan fingerprint density at radius 3 is 2.47 bits per heavy atom. The Morgan fingerprint density at radius 2 is 1.78 bits per heavy atom. The van der Waals surface area contributed by atoms with E-state index in [1.54, 1.807) is 18.2 Å². The van der Waals surface area contributed by atoms with E-state index in [1.165, 1.54) is 11.8 Å². The number of carboxylic acid groups (broad SMARTS) is 1. The molecule has 5 rings (SSSR count). The summed E-state index contributed by atoms with van der Waals surface area (Å²) in [5.41, 5.74) is 5.20. The quantitative estimate of drug-likeness (QED) is 0.399. The second-order valence-corrected chi connectivity index (χ2v) is 9.87. The topological polar surface area (TPSA) is 61.6 Å². The van der Waals surface area contributed by atoms with Crippen molar-refractivity contribution < 1.29 is 14.3 Å². The Hall–Kier alpha value is -3.71. The Kier molecular flexibility index (Phi) is 6.49. The van der Waals surface area contributed by atoms with E-state index in [-0.39, 0.29) is 5.82 Å². The van der Waals surface area contributed by atoms with E-state index in [9.17, 15) is 14.3 Å². The molecule has 0 amide bonds. The summed E-state index contributed by atoms with van der Waals surface area (Å²) in [5.74, 6) is -1.10. The lowest BCUT2D eigenvalue weighted by Crippen LogP contribution is -2.56. The number of hydrogen-bond acceptors (Lipinski definition) is 4. The van der Waals surface area contributed by atoms with Crippen LogP contribution in [0.5, 0.6) is 0 Å². The normalized spacial score (nSPS) is 18.6. The molecule has 36 heavy (non-hydrogen) atoms. The molecule has 1 N–H and O–H groups in total. The Labute approximate surface area is 210 Å². The van der Waals surface area contributed by atoms with Crippen LogP contribution in [0.3, 0.4) is 0 Å². The Morgan fingerprint density at radius 1 is 1.03 bits per heavy atom. The van der Waals surface area contributed by atoms with Crippen molar-refractivity contribution in [2.24, 2.45) is 0 Å². The molecular weight excluding hydrogens is 455 g/mol. The highest BCUT2D eigenvalue weighted by atomic mass is 19.1. The van der Waals surface area contributed by atoms with Gasteiger partial charge in [0.2, 0.25) is 0 Å². The van der Waals surface area contributed by atoms with Crippen LogP contribution in [0.15, 0.2) is 67.0 Å². The fraction of sp³-hybridized carbons (Fsp3) is 0.310. The molecule has 7 heteroatoms. The van der Waals surface area contributed by atoms with E-state index < -0.39 is 5.97 Å². The van der Waals surface area contributed by atoms with Crippen LogP contribution in [0.1, 0.15) is 40.9 Å². The molecule has 4 aromatic rings. The van der Waals surface area contributed by atoms with Crippen molar-refractivity contribution in [3.8, 4) is 0 Å². The molecule has 1 fully saturated rings. The van der Waals surface area contributed by atoms with Crippen molar-refractivity contribution >= 4 is 22.7 Å². The molecule has 2 aromatic carbocycles. The SMILES string of the molecule is Cc1cc(Cn2ccc3c(N4C[C@@H](C)N(Cc5cccc(F)c5)[C@@H](C)C4)ccnc32)ccc1C(=O)O. The van der Waals surface area contributed by atoms with Crippen molar-refractivity contribution in [3.05, 3.63) is 95.1 Å². The van der Waals surface area contributed by atoms with E-state index in [4.69, 9.17) is 0 Å². The van der Waals surface area contributed by atoms with Crippen molar-refractivity contribution in [3.63, 3.8) is 0 Å². The van der Waals surface area contributed by atoms with Crippen molar-refractivity contribution in [1.29, 1.82) is 0 Å². The molecule has 0 saturated carbocycles. The molecule has 6 nitrogen and oxygen atoms in total. The van der Waals surface area contributed by atoms with Gasteiger partial charge < -0.3 is 14.6 Å². The lowest BCUT2D eigenvalue weighted by atomic mass is 10.0. The third-order valence-corrected chi connectivity index (χ3v) is 7.21. The second kappa shape index (κ2) is 9.74. The minimum atomic E-state index is -0.906. The number of fused-ring (bicyclic) bond motifs is 1. The van der Waals surface area contributed by atoms with Crippen LogP contribution in [0.2, 0.25) is 0 Å². The first-order chi connectivity index (χ1) is 17.3. The predicted octanol–water partition coefficient (Wildman–Crippen LogP) is 5.33. The highest BCUT2D eigenvalue weighted by molar-refractivity contribution is 5.91. The lowest BCUT2D eigenvalue weighted by Gasteiger charge is -2.45. The number of anilines is 1. The number of piperazine rings is 1. The average molecular weight is 487 g/mol. The number of rotatable bonds is 6. The number of aromatic nitrogens is 2. The first-order valence-corrected chi connectivity index (χ1v) is 12.3. The molecule has 186 valence electrons. The zero-order valence-corrected chi connectivity index (χ0v) is 20.9. The maximum absolute atomic E-state index is 13.7. The van der Waals surface area contributed by atoms with Crippen molar-refractivity contribution in [2.45, 2.75) is 45.9 Å². The molecule has 0 unspecified atom stereocenters. The number of carbonyl (C=O) groups is 1. The third kappa shape index (κ3) is 4.71. The molecule has 0 bridgehead atoms. The minimum absolute atomic E-state index is 0.192. The molecule has 2 atom stereocenters. The molecule has 0 aliphatic carbocycles. The number of nitrogens with zero attached hydrogens (tertiary/aromatic N) is 4. The van der Waals surface area contributed by atoms with Gasteiger partial charge in [0.15, 0.2) is 0 Å². The molecule has 3 heterocycles. The Balaban J connectivity index is 1.36. The average Bonchev–Trinajstić information content (AvgIpc) is 3.24. The first kappa shape index (κ1) is 24.0. The van der Waals surface area contributed by atoms with Gasteiger partial charge >= 0.3 is 5.97 Å². The molecule has 1 aliphatic rings. The fourth-order valence-corrected chi connectivity index (χ4v) is 5.45. The van der Waals surface area contributed by atoms with E-state index >= 15 is 0 Å². The van der Waals surface area contributed by atoms with Gasteiger partial charge in [0.05, 0.1) is 5.56 Å². The summed E-state index contributed by atoms with van der Waals surface area (Å²) in [6.07, 6.45) is 3.91. The maximum Gasteiger partial charge on any atom is 0.335 e. The number of aryl methyl sites for hydroxylation is 1. The van der Waals surface area contributed by atoms with Gasteiger partial charge in [-0.05, 0) is 67.8 Å². The number of halogens is 1. The van der Waals surface area contributed by atoms with Crippen molar-refractivity contribution in [1.82, 2.24) is 14.5 Å². The molecule has 0 radical (unpaired) electrons. The van der Waals surface area contributed by atoms with Gasteiger partial charge in [0.1, 0.15) is 11.5 Å². The molecule has 2 aromatic heterocycles. The van der Waals surface area contributed by atoms with Gasteiger partial charge in [-0.3, -0.25) is 4.90 Å². The minimum Gasteiger partial charge on any atom is -0.478 e.